The Kier molecular flexibility index (Phi) is 9.61. The second-order valence-corrected chi connectivity index (χ2v) is 9.58. The van der Waals surface area contributed by atoms with Crippen LogP contribution in [0.2, 0.25) is 5.02 Å². The maximum Gasteiger partial charge on any atom is 0.260 e. The molecule has 1 unspecified atom stereocenters. The van der Waals surface area contributed by atoms with Gasteiger partial charge in [-0.25, -0.2) is 4.98 Å². The Hall–Kier alpha value is -4.38. The molecule has 11 heteroatoms. The van der Waals surface area contributed by atoms with E-state index in [4.69, 9.17) is 26.2 Å². The Bertz CT molecular complexity index is 1620. The maximum absolute atomic E-state index is 14.0. The summed E-state index contributed by atoms with van der Waals surface area (Å²) in [7, 11) is 3.02. The summed E-state index contributed by atoms with van der Waals surface area (Å²) >= 11 is 6.66. The third-order valence-electron chi connectivity index (χ3n) is 6.42. The highest BCUT2D eigenvalue weighted by Gasteiger charge is 2.19. The minimum Gasteiger partial charge on any atom is -0.497 e. The predicted octanol–water partition coefficient (Wildman–Crippen LogP) is 4.25. The Labute approximate surface area is 242 Å². The van der Waals surface area contributed by atoms with Gasteiger partial charge >= 0.3 is 0 Å². The molecule has 0 bridgehead atoms. The van der Waals surface area contributed by atoms with Gasteiger partial charge < -0.3 is 30.3 Å². The summed E-state index contributed by atoms with van der Waals surface area (Å²) in [4.78, 5) is 22.9. The Balaban J connectivity index is 1.79. The molecule has 0 radical (unpaired) electrons. The molecule has 2 aromatic carbocycles. The molecule has 4 rings (SSSR count). The zero-order valence-electron chi connectivity index (χ0n) is 22.9. The number of rotatable bonds is 13. The number of methoxy groups -OCH3 is 2. The molecule has 4 N–H and O–H groups in total. The van der Waals surface area contributed by atoms with E-state index >= 15 is 0 Å². The van der Waals surface area contributed by atoms with Crippen LogP contribution in [0.1, 0.15) is 5.56 Å². The van der Waals surface area contributed by atoms with Crippen LogP contribution in [0.15, 0.2) is 78.4 Å². The van der Waals surface area contributed by atoms with Gasteiger partial charge in [0.15, 0.2) is 0 Å². The van der Waals surface area contributed by atoms with E-state index in [-0.39, 0.29) is 23.1 Å². The second kappa shape index (κ2) is 13.3. The molecular weight excluding hydrogens is 546 g/mol. The number of pyridine rings is 1. The van der Waals surface area contributed by atoms with E-state index in [2.05, 4.69) is 33.8 Å². The van der Waals surface area contributed by atoms with Crippen LogP contribution in [0.5, 0.6) is 11.5 Å². The van der Waals surface area contributed by atoms with Crippen LogP contribution < -0.4 is 25.7 Å². The number of nitrogens with one attached hydrogen (secondary N) is 2. The largest absolute Gasteiger partial charge is 0.497 e. The fourth-order valence-electron chi connectivity index (χ4n) is 4.19. The van der Waals surface area contributed by atoms with E-state index in [0.717, 1.165) is 11.3 Å². The number of ether oxygens (including phenoxy) is 2. The van der Waals surface area contributed by atoms with Crippen LogP contribution in [-0.2, 0) is 13.0 Å². The Morgan fingerprint density at radius 3 is 2.59 bits per heavy atom. The lowest BCUT2D eigenvalue weighted by Gasteiger charge is -2.16. The number of hydrogen-bond acceptors (Lipinski definition) is 9. The number of halogens is 1. The normalized spacial score (nSPS) is 11.6. The van der Waals surface area contributed by atoms with E-state index in [1.807, 2.05) is 24.3 Å². The van der Waals surface area contributed by atoms with Crippen molar-refractivity contribution in [3.05, 3.63) is 94.5 Å². The van der Waals surface area contributed by atoms with Crippen LogP contribution in [0.3, 0.4) is 0 Å². The first-order valence-electron chi connectivity index (χ1n) is 12.8. The summed E-state index contributed by atoms with van der Waals surface area (Å²) in [5.74, 6) is 1.07. The molecule has 0 spiro atoms. The van der Waals surface area contributed by atoms with Crippen LogP contribution in [0.25, 0.3) is 22.2 Å². The number of aliphatic hydroxyl groups is 2. The van der Waals surface area contributed by atoms with Gasteiger partial charge in [-0.1, -0.05) is 36.9 Å². The lowest BCUT2D eigenvalue weighted by molar-refractivity contribution is 0.105. The first kappa shape index (κ1) is 29.6. The summed E-state index contributed by atoms with van der Waals surface area (Å²) in [6, 6.07) is 12.8. The van der Waals surface area contributed by atoms with E-state index in [9.17, 15) is 9.90 Å². The standard InChI is InChI=1S/C30H32ClN5O5/c1-5-18(2)34-21-8-6-19(7-9-21)10-11-36-28-20(15-32-30(35-28)33-16-22(38)17-37)12-25(29(36)39)24-13-23(40-3)14-26(41-4)27(24)31/h5-9,12-15,22,34,37-38H,1-2,10-11,16-17H2,3-4H3,(H,32,33,35). The summed E-state index contributed by atoms with van der Waals surface area (Å²) in [5, 5.41) is 25.8. The Morgan fingerprint density at radius 1 is 1.17 bits per heavy atom. The minimum atomic E-state index is -0.981. The molecule has 0 amide bonds. The molecule has 0 aliphatic carbocycles. The topological polar surface area (TPSA) is 131 Å². The highest BCUT2D eigenvalue weighted by Crippen LogP contribution is 2.38. The van der Waals surface area contributed by atoms with Crippen molar-refractivity contribution in [2.75, 3.05) is 38.0 Å². The van der Waals surface area contributed by atoms with Crippen molar-refractivity contribution in [1.29, 1.82) is 0 Å². The molecule has 41 heavy (non-hydrogen) atoms. The third kappa shape index (κ3) is 6.86. The maximum atomic E-state index is 14.0. The number of fused-ring (bicyclic) bond motifs is 1. The molecule has 2 heterocycles. The van der Waals surface area contributed by atoms with Crippen molar-refractivity contribution in [1.82, 2.24) is 14.5 Å². The molecule has 0 aliphatic heterocycles. The van der Waals surface area contributed by atoms with Gasteiger partial charge in [0.25, 0.3) is 5.56 Å². The highest BCUT2D eigenvalue weighted by molar-refractivity contribution is 6.35. The van der Waals surface area contributed by atoms with Crippen LogP contribution in [-0.4, -0.2) is 58.2 Å². The van der Waals surface area contributed by atoms with Gasteiger partial charge in [0.1, 0.15) is 17.1 Å². The average molecular weight is 578 g/mol. The van der Waals surface area contributed by atoms with Gasteiger partial charge in [-0.3, -0.25) is 9.36 Å². The molecule has 1 atom stereocenters. The first-order chi connectivity index (χ1) is 19.8. The summed E-state index contributed by atoms with van der Waals surface area (Å²) in [6.07, 6.45) is 2.78. The quantitative estimate of drug-likeness (QED) is 0.172. The number of aromatic nitrogens is 3. The zero-order chi connectivity index (χ0) is 29.5. The molecule has 4 aromatic rings. The SMILES string of the molecule is C=CC(=C)Nc1ccc(CCn2c(=O)c(-c3cc(OC)cc(OC)c3Cl)cc3cnc(NCC(O)CO)nc32)cc1. The van der Waals surface area contributed by atoms with E-state index < -0.39 is 12.7 Å². The molecule has 0 fully saturated rings. The van der Waals surface area contributed by atoms with E-state index in [1.165, 1.54) is 14.2 Å². The van der Waals surface area contributed by atoms with E-state index in [1.54, 1.807) is 35.0 Å². The van der Waals surface area contributed by atoms with Crippen LogP contribution in [0, 0.1) is 0 Å². The average Bonchev–Trinajstić information content (AvgIpc) is 3.00. The lowest BCUT2D eigenvalue weighted by Crippen LogP contribution is -2.26. The van der Waals surface area contributed by atoms with Gasteiger partial charge in [-0.15, -0.1) is 0 Å². The van der Waals surface area contributed by atoms with Gasteiger partial charge in [-0.2, -0.15) is 4.98 Å². The van der Waals surface area contributed by atoms with Crippen LogP contribution in [0.4, 0.5) is 11.6 Å². The number of aliphatic hydroxyl groups excluding tert-OH is 2. The van der Waals surface area contributed by atoms with Crippen molar-refractivity contribution in [2.45, 2.75) is 19.1 Å². The molecule has 214 valence electrons. The third-order valence-corrected chi connectivity index (χ3v) is 6.81. The number of hydrogen-bond donors (Lipinski definition) is 4. The molecule has 0 saturated carbocycles. The van der Waals surface area contributed by atoms with Crippen molar-refractivity contribution in [3.8, 4) is 22.6 Å². The fourth-order valence-corrected chi connectivity index (χ4v) is 4.47. The number of nitrogens with zero attached hydrogens (tertiary/aromatic N) is 3. The van der Waals surface area contributed by atoms with E-state index in [0.29, 0.717) is 52.3 Å². The first-order valence-corrected chi connectivity index (χ1v) is 13.2. The number of allylic oxidation sites excluding steroid dienone is 1. The highest BCUT2D eigenvalue weighted by atomic mass is 35.5. The number of benzene rings is 2. The van der Waals surface area contributed by atoms with Gasteiger partial charge in [-0.05, 0) is 42.3 Å². The molecule has 10 nitrogen and oxygen atoms in total. The Morgan fingerprint density at radius 2 is 1.93 bits per heavy atom. The summed E-state index contributed by atoms with van der Waals surface area (Å²) in [5.41, 5.74) is 3.45. The van der Waals surface area contributed by atoms with Crippen molar-refractivity contribution in [2.24, 2.45) is 0 Å². The van der Waals surface area contributed by atoms with Crippen molar-refractivity contribution in [3.63, 3.8) is 0 Å². The van der Waals surface area contributed by atoms with Crippen LogP contribution >= 0.6 is 11.6 Å². The molecule has 2 aromatic heterocycles. The second-order valence-electron chi connectivity index (χ2n) is 9.20. The van der Waals surface area contributed by atoms with Gasteiger partial charge in [0.05, 0.1) is 32.0 Å². The lowest BCUT2D eigenvalue weighted by atomic mass is 10.0. The van der Waals surface area contributed by atoms with Crippen molar-refractivity contribution >= 4 is 34.3 Å². The van der Waals surface area contributed by atoms with Gasteiger partial charge in [0.2, 0.25) is 5.95 Å². The molecule has 0 saturated heterocycles. The zero-order valence-corrected chi connectivity index (χ0v) is 23.6. The number of anilines is 2. The summed E-state index contributed by atoms with van der Waals surface area (Å²) in [6.45, 7) is 7.51. The number of aryl methyl sites for hydroxylation is 2. The van der Waals surface area contributed by atoms with Crippen molar-refractivity contribution < 1.29 is 19.7 Å². The van der Waals surface area contributed by atoms with Gasteiger partial charge in [0, 0.05) is 53.3 Å². The molecule has 0 aliphatic rings. The predicted molar refractivity (Wildman–Crippen MR) is 162 cm³/mol. The fraction of sp³-hybridized carbons (Fsp3) is 0.233. The summed E-state index contributed by atoms with van der Waals surface area (Å²) < 4.78 is 12.4. The molecular formula is C30H32ClN5O5. The monoisotopic (exact) mass is 577 g/mol. The smallest absolute Gasteiger partial charge is 0.260 e. The minimum absolute atomic E-state index is 0.0438.